The van der Waals surface area contributed by atoms with E-state index in [1.807, 2.05) is 36.0 Å². The summed E-state index contributed by atoms with van der Waals surface area (Å²) in [4.78, 5) is 0. The minimum Gasteiger partial charge on any atom is -0.492 e. The number of halogens is 1. The van der Waals surface area contributed by atoms with Crippen LogP contribution in [0.4, 0.5) is 0 Å². The van der Waals surface area contributed by atoms with Crippen LogP contribution < -0.4 is 10.1 Å². The summed E-state index contributed by atoms with van der Waals surface area (Å²) in [6, 6.07) is 6.41. The van der Waals surface area contributed by atoms with Gasteiger partial charge in [0.2, 0.25) is 0 Å². The van der Waals surface area contributed by atoms with Crippen molar-refractivity contribution in [3.63, 3.8) is 0 Å². The normalized spacial score (nSPS) is 11.1. The van der Waals surface area contributed by atoms with Gasteiger partial charge >= 0.3 is 0 Å². The quantitative estimate of drug-likeness (QED) is 0.832. The third-order valence-corrected chi connectivity index (χ3v) is 3.89. The van der Waals surface area contributed by atoms with Crippen molar-refractivity contribution in [2.45, 2.75) is 39.9 Å². The predicted octanol–water partition coefficient (Wildman–Crippen LogP) is 2.93. The van der Waals surface area contributed by atoms with Crippen molar-refractivity contribution in [3.8, 4) is 5.75 Å². The summed E-state index contributed by atoms with van der Waals surface area (Å²) in [5, 5.41) is 11.5. The van der Waals surface area contributed by atoms with Crippen LogP contribution in [0.3, 0.4) is 0 Å². The molecule has 5 nitrogen and oxygen atoms in total. The zero-order valence-electron chi connectivity index (χ0n) is 12.6. The molecular weight excluding hydrogens is 332 g/mol. The van der Waals surface area contributed by atoms with E-state index >= 15 is 0 Å². The van der Waals surface area contributed by atoms with E-state index in [0.29, 0.717) is 19.2 Å². The van der Waals surface area contributed by atoms with Gasteiger partial charge in [0.15, 0.2) is 0 Å². The summed E-state index contributed by atoms with van der Waals surface area (Å²) in [7, 11) is 0. The highest BCUT2D eigenvalue weighted by molar-refractivity contribution is 9.10. The fourth-order valence-corrected chi connectivity index (χ4v) is 2.05. The molecule has 0 spiro atoms. The monoisotopic (exact) mass is 352 g/mol. The average Bonchev–Trinajstić information content (AvgIpc) is 2.88. The van der Waals surface area contributed by atoms with Crippen LogP contribution in [0.1, 0.15) is 25.1 Å². The van der Waals surface area contributed by atoms with E-state index in [1.54, 1.807) is 0 Å². The molecule has 0 saturated carbocycles. The lowest BCUT2D eigenvalue weighted by atomic mass is 10.2. The number of hydrogen-bond acceptors (Lipinski definition) is 4. The van der Waals surface area contributed by atoms with E-state index in [4.69, 9.17) is 4.74 Å². The molecule has 2 rings (SSSR count). The van der Waals surface area contributed by atoms with E-state index in [2.05, 4.69) is 45.4 Å². The van der Waals surface area contributed by atoms with Gasteiger partial charge in [0.05, 0.1) is 12.2 Å². The molecule has 1 aromatic carbocycles. The van der Waals surface area contributed by atoms with Crippen LogP contribution in [-0.4, -0.2) is 27.6 Å². The van der Waals surface area contributed by atoms with Gasteiger partial charge in [-0.1, -0.05) is 35.0 Å². The Morgan fingerprint density at radius 3 is 2.90 bits per heavy atom. The van der Waals surface area contributed by atoms with Crippen LogP contribution >= 0.6 is 15.9 Å². The molecule has 21 heavy (non-hydrogen) atoms. The summed E-state index contributed by atoms with van der Waals surface area (Å²) < 4.78 is 8.63. The first kappa shape index (κ1) is 16.0. The van der Waals surface area contributed by atoms with Crippen LogP contribution in [0.2, 0.25) is 0 Å². The van der Waals surface area contributed by atoms with Gasteiger partial charge in [0.25, 0.3) is 0 Å². The van der Waals surface area contributed by atoms with Crippen molar-refractivity contribution < 1.29 is 4.74 Å². The number of nitrogens with one attached hydrogen (secondary N) is 1. The summed E-state index contributed by atoms with van der Waals surface area (Å²) >= 11 is 3.48. The van der Waals surface area contributed by atoms with Crippen LogP contribution in [-0.2, 0) is 13.1 Å². The third kappa shape index (κ3) is 5.13. The molecular formula is C15H21BrN4O. The second-order valence-electron chi connectivity index (χ2n) is 5.27. The largest absolute Gasteiger partial charge is 0.492 e. The molecule has 0 fully saturated rings. The fraction of sp³-hybridized carbons (Fsp3) is 0.467. The fourth-order valence-electron chi connectivity index (χ4n) is 1.80. The highest BCUT2D eigenvalue weighted by atomic mass is 79.9. The molecule has 0 radical (unpaired) electrons. The second kappa shape index (κ2) is 7.56. The van der Waals surface area contributed by atoms with Crippen molar-refractivity contribution in [2.75, 3.05) is 6.61 Å². The van der Waals surface area contributed by atoms with Gasteiger partial charge in [0.1, 0.15) is 12.4 Å². The number of ether oxygens (including phenoxy) is 1. The number of hydrogen-bond donors (Lipinski definition) is 1. The Hall–Kier alpha value is -1.40. The molecule has 6 heteroatoms. The first-order valence-corrected chi connectivity index (χ1v) is 7.85. The predicted molar refractivity (Wildman–Crippen MR) is 86.4 cm³/mol. The highest BCUT2D eigenvalue weighted by Gasteiger charge is 2.03. The molecule has 0 saturated heterocycles. The Balaban J connectivity index is 1.79. The average molecular weight is 353 g/mol. The minimum absolute atomic E-state index is 0.444. The molecule has 0 bridgehead atoms. The maximum absolute atomic E-state index is 5.73. The smallest absolute Gasteiger partial charge is 0.119 e. The van der Waals surface area contributed by atoms with E-state index in [9.17, 15) is 0 Å². The number of nitrogens with zero attached hydrogens (tertiary/aromatic N) is 3. The Labute approximate surface area is 133 Å². The van der Waals surface area contributed by atoms with E-state index in [1.165, 1.54) is 0 Å². The van der Waals surface area contributed by atoms with Crippen LogP contribution in [0, 0.1) is 6.92 Å². The lowest BCUT2D eigenvalue weighted by Crippen LogP contribution is -2.21. The zero-order valence-corrected chi connectivity index (χ0v) is 14.2. The van der Waals surface area contributed by atoms with Crippen molar-refractivity contribution >= 4 is 15.9 Å². The molecule has 1 N–H and O–H groups in total. The van der Waals surface area contributed by atoms with Gasteiger partial charge in [-0.3, -0.25) is 0 Å². The standard InChI is InChI=1S/C15H21BrN4O/c1-11(2)17-9-13-10-20(19-18-13)6-7-21-14-4-5-15(16)12(3)8-14/h4-5,8,10-11,17H,6-7,9H2,1-3H3. The Morgan fingerprint density at radius 2 is 2.19 bits per heavy atom. The molecule has 0 amide bonds. The van der Waals surface area contributed by atoms with Crippen molar-refractivity contribution in [1.29, 1.82) is 0 Å². The molecule has 1 heterocycles. The first-order chi connectivity index (χ1) is 10.0. The molecule has 0 unspecified atom stereocenters. The van der Waals surface area contributed by atoms with Gasteiger partial charge < -0.3 is 10.1 Å². The van der Waals surface area contributed by atoms with Gasteiger partial charge in [0, 0.05) is 23.3 Å². The number of aryl methyl sites for hydroxylation is 1. The number of rotatable bonds is 7. The molecule has 0 aliphatic rings. The summed E-state index contributed by atoms with van der Waals surface area (Å²) in [6.07, 6.45) is 1.95. The summed E-state index contributed by atoms with van der Waals surface area (Å²) in [5.41, 5.74) is 2.11. The zero-order chi connectivity index (χ0) is 15.2. The molecule has 114 valence electrons. The molecule has 0 atom stereocenters. The van der Waals surface area contributed by atoms with Gasteiger partial charge in [-0.2, -0.15) is 0 Å². The topological polar surface area (TPSA) is 52.0 Å². The van der Waals surface area contributed by atoms with Gasteiger partial charge in [-0.05, 0) is 30.7 Å². The molecule has 1 aromatic heterocycles. The summed E-state index contributed by atoms with van der Waals surface area (Å²) in [5.74, 6) is 0.873. The molecule has 0 aliphatic carbocycles. The first-order valence-electron chi connectivity index (χ1n) is 7.06. The number of benzene rings is 1. The van der Waals surface area contributed by atoms with Crippen LogP contribution in [0.15, 0.2) is 28.9 Å². The lowest BCUT2D eigenvalue weighted by Gasteiger charge is -2.07. The van der Waals surface area contributed by atoms with E-state index in [-0.39, 0.29) is 0 Å². The van der Waals surface area contributed by atoms with Gasteiger partial charge in [-0.15, -0.1) is 5.10 Å². The maximum Gasteiger partial charge on any atom is 0.119 e. The van der Waals surface area contributed by atoms with Crippen LogP contribution in [0.25, 0.3) is 0 Å². The van der Waals surface area contributed by atoms with E-state index in [0.717, 1.165) is 28.0 Å². The minimum atomic E-state index is 0.444. The number of aromatic nitrogens is 3. The highest BCUT2D eigenvalue weighted by Crippen LogP contribution is 2.21. The van der Waals surface area contributed by atoms with Crippen molar-refractivity contribution in [2.24, 2.45) is 0 Å². The van der Waals surface area contributed by atoms with Crippen molar-refractivity contribution in [1.82, 2.24) is 20.3 Å². The molecule has 0 aliphatic heterocycles. The molecule has 2 aromatic rings. The maximum atomic E-state index is 5.73. The third-order valence-electron chi connectivity index (χ3n) is 3.00. The summed E-state index contributed by atoms with van der Waals surface area (Å²) in [6.45, 7) is 8.26. The van der Waals surface area contributed by atoms with Crippen molar-refractivity contribution in [3.05, 3.63) is 40.1 Å². The van der Waals surface area contributed by atoms with Gasteiger partial charge in [-0.25, -0.2) is 4.68 Å². The Morgan fingerprint density at radius 1 is 1.38 bits per heavy atom. The SMILES string of the molecule is Cc1cc(OCCn2cc(CNC(C)C)nn2)ccc1Br. The Bertz CT molecular complexity index is 583. The second-order valence-corrected chi connectivity index (χ2v) is 6.12. The van der Waals surface area contributed by atoms with Crippen LogP contribution in [0.5, 0.6) is 5.75 Å². The Kier molecular flexibility index (Phi) is 5.76. The van der Waals surface area contributed by atoms with E-state index < -0.39 is 0 Å². The lowest BCUT2D eigenvalue weighted by molar-refractivity contribution is 0.289.